The molecule has 0 amide bonds. The molecule has 28 heavy (non-hydrogen) atoms. The Hall–Kier alpha value is -1.44. The van der Waals surface area contributed by atoms with Gasteiger partial charge in [0.25, 0.3) is 0 Å². The van der Waals surface area contributed by atoms with Gasteiger partial charge in [0.15, 0.2) is 0 Å². The predicted molar refractivity (Wildman–Crippen MR) is 123 cm³/mol. The zero-order valence-electron chi connectivity index (χ0n) is 18.6. The summed E-state index contributed by atoms with van der Waals surface area (Å²) in [6, 6.07) is 10.9. The topological polar surface area (TPSA) is 6.48 Å². The van der Waals surface area contributed by atoms with E-state index in [0.717, 1.165) is 13.0 Å². The summed E-state index contributed by atoms with van der Waals surface area (Å²) in [6.07, 6.45) is 23.2. The molecule has 1 aliphatic heterocycles. The van der Waals surface area contributed by atoms with Crippen molar-refractivity contribution in [2.24, 2.45) is 0 Å². The Bertz CT molecular complexity index is 510. The molecule has 1 unspecified atom stereocenters. The highest BCUT2D eigenvalue weighted by Crippen LogP contribution is 2.21. The number of nitrogens with zero attached hydrogens (tertiary/aromatic N) is 2. The molecule has 0 fully saturated rings. The van der Waals surface area contributed by atoms with E-state index in [0.29, 0.717) is 6.17 Å². The molecule has 0 spiro atoms. The Labute approximate surface area is 175 Å². The van der Waals surface area contributed by atoms with Crippen LogP contribution in [0.5, 0.6) is 0 Å². The fourth-order valence-corrected chi connectivity index (χ4v) is 4.29. The average molecular weight is 385 g/mol. The van der Waals surface area contributed by atoms with E-state index in [1.807, 2.05) is 0 Å². The van der Waals surface area contributed by atoms with Gasteiger partial charge in [0.05, 0.1) is 0 Å². The quantitative estimate of drug-likeness (QED) is 0.275. The minimum atomic E-state index is 0.500. The van der Waals surface area contributed by atoms with Gasteiger partial charge in [-0.1, -0.05) is 108 Å². The summed E-state index contributed by atoms with van der Waals surface area (Å²) in [6.45, 7) is 6.84. The number of rotatable bonds is 16. The molecule has 2 rings (SSSR count). The molecular weight excluding hydrogens is 340 g/mol. The van der Waals surface area contributed by atoms with Gasteiger partial charge in [0.1, 0.15) is 6.17 Å². The Balaban J connectivity index is 1.53. The Kier molecular flexibility index (Phi) is 11.9. The maximum atomic E-state index is 2.56. The van der Waals surface area contributed by atoms with Crippen LogP contribution in [0.15, 0.2) is 42.7 Å². The molecule has 0 saturated carbocycles. The first-order valence-electron chi connectivity index (χ1n) is 12.1. The molecule has 2 heteroatoms. The normalized spacial score (nSPS) is 16.3. The maximum Gasteiger partial charge on any atom is 0.105 e. The van der Waals surface area contributed by atoms with E-state index in [4.69, 9.17) is 0 Å². The molecule has 2 nitrogen and oxygen atoms in total. The van der Waals surface area contributed by atoms with Gasteiger partial charge >= 0.3 is 0 Å². The molecule has 0 radical (unpaired) electrons. The van der Waals surface area contributed by atoms with Crippen molar-refractivity contribution >= 4 is 0 Å². The van der Waals surface area contributed by atoms with E-state index in [1.54, 1.807) is 0 Å². The summed E-state index contributed by atoms with van der Waals surface area (Å²) >= 11 is 0. The van der Waals surface area contributed by atoms with Gasteiger partial charge in [0.2, 0.25) is 0 Å². The molecular formula is C26H44N2. The van der Waals surface area contributed by atoms with Crippen LogP contribution in [0.4, 0.5) is 0 Å². The van der Waals surface area contributed by atoms with Crippen molar-refractivity contribution in [1.82, 2.24) is 9.80 Å². The average Bonchev–Trinajstić information content (AvgIpc) is 3.11. The van der Waals surface area contributed by atoms with Crippen LogP contribution in [-0.2, 0) is 6.42 Å². The predicted octanol–water partition coefficient (Wildman–Crippen LogP) is 7.37. The molecule has 1 atom stereocenters. The third-order valence-electron chi connectivity index (χ3n) is 6.11. The zero-order chi connectivity index (χ0) is 19.9. The highest BCUT2D eigenvalue weighted by molar-refractivity contribution is 5.17. The molecule has 1 aromatic carbocycles. The summed E-state index contributed by atoms with van der Waals surface area (Å²) in [4.78, 5) is 5.04. The summed E-state index contributed by atoms with van der Waals surface area (Å²) < 4.78 is 0. The second-order valence-electron chi connectivity index (χ2n) is 8.43. The third-order valence-corrected chi connectivity index (χ3v) is 6.11. The van der Waals surface area contributed by atoms with Crippen molar-refractivity contribution in [3.05, 3.63) is 48.3 Å². The fraction of sp³-hybridized carbons (Fsp3) is 0.692. The van der Waals surface area contributed by atoms with Crippen LogP contribution in [0.1, 0.15) is 96.5 Å². The molecule has 1 aromatic rings. The zero-order valence-corrected chi connectivity index (χ0v) is 18.6. The molecule has 0 aromatic heterocycles. The first-order chi connectivity index (χ1) is 13.8. The van der Waals surface area contributed by atoms with Crippen molar-refractivity contribution in [3.63, 3.8) is 0 Å². The number of benzene rings is 1. The van der Waals surface area contributed by atoms with Gasteiger partial charge in [-0.2, -0.15) is 0 Å². The summed E-state index contributed by atoms with van der Waals surface area (Å²) in [5.74, 6) is 0. The Morgan fingerprint density at radius 3 is 1.75 bits per heavy atom. The van der Waals surface area contributed by atoms with Crippen molar-refractivity contribution in [2.75, 3.05) is 13.1 Å². The van der Waals surface area contributed by atoms with E-state index >= 15 is 0 Å². The molecule has 0 N–H and O–H groups in total. The smallest absolute Gasteiger partial charge is 0.105 e. The van der Waals surface area contributed by atoms with E-state index in [1.165, 1.54) is 89.2 Å². The Morgan fingerprint density at radius 1 is 0.643 bits per heavy atom. The van der Waals surface area contributed by atoms with E-state index < -0.39 is 0 Å². The molecule has 158 valence electrons. The number of likely N-dealkylation sites (N-methyl/N-ethyl adjacent to an activating group) is 1. The van der Waals surface area contributed by atoms with Gasteiger partial charge in [-0.05, 0) is 18.9 Å². The van der Waals surface area contributed by atoms with Crippen LogP contribution in [0, 0.1) is 0 Å². The molecule has 0 saturated heterocycles. The summed E-state index contributed by atoms with van der Waals surface area (Å²) in [5, 5.41) is 0. The van der Waals surface area contributed by atoms with Crippen LogP contribution in [-0.4, -0.2) is 29.1 Å². The minimum Gasteiger partial charge on any atom is -0.356 e. The van der Waals surface area contributed by atoms with Gasteiger partial charge < -0.3 is 9.80 Å². The highest BCUT2D eigenvalue weighted by Gasteiger charge is 2.24. The fourth-order valence-electron chi connectivity index (χ4n) is 4.29. The van der Waals surface area contributed by atoms with Crippen molar-refractivity contribution < 1.29 is 0 Å². The highest BCUT2D eigenvalue weighted by atomic mass is 15.4. The van der Waals surface area contributed by atoms with Crippen LogP contribution < -0.4 is 0 Å². The minimum absolute atomic E-state index is 0.500. The van der Waals surface area contributed by atoms with Gasteiger partial charge in [-0.15, -0.1) is 0 Å². The molecule has 0 aliphatic carbocycles. The van der Waals surface area contributed by atoms with E-state index in [9.17, 15) is 0 Å². The maximum absolute atomic E-state index is 2.56. The standard InChI is InChI=1S/C26H44N2/c1-3-5-6-7-8-9-10-11-12-13-14-18-21-28-23-22-27(4-2)26(28)24-25-19-16-15-17-20-25/h15-17,19-20,22-23,26H,3-14,18,21,24H2,1-2H3. The first-order valence-corrected chi connectivity index (χ1v) is 12.1. The lowest BCUT2D eigenvalue weighted by atomic mass is 10.1. The SMILES string of the molecule is CCCCCCCCCCCCCCN1C=CN(CC)C1Cc1ccccc1. The van der Waals surface area contributed by atoms with Gasteiger partial charge in [-0.3, -0.25) is 0 Å². The monoisotopic (exact) mass is 384 g/mol. The summed E-state index contributed by atoms with van der Waals surface area (Å²) in [7, 11) is 0. The Morgan fingerprint density at radius 2 is 1.18 bits per heavy atom. The van der Waals surface area contributed by atoms with Crippen LogP contribution >= 0.6 is 0 Å². The van der Waals surface area contributed by atoms with Crippen molar-refractivity contribution in [2.45, 2.75) is 103 Å². The van der Waals surface area contributed by atoms with Crippen molar-refractivity contribution in [3.8, 4) is 0 Å². The number of hydrogen-bond donors (Lipinski definition) is 0. The van der Waals surface area contributed by atoms with Crippen LogP contribution in [0.2, 0.25) is 0 Å². The van der Waals surface area contributed by atoms with Gasteiger partial charge in [-0.25, -0.2) is 0 Å². The largest absolute Gasteiger partial charge is 0.356 e. The van der Waals surface area contributed by atoms with E-state index in [-0.39, 0.29) is 0 Å². The van der Waals surface area contributed by atoms with Crippen molar-refractivity contribution in [1.29, 1.82) is 0 Å². The first kappa shape index (κ1) is 22.8. The molecule has 0 bridgehead atoms. The van der Waals surface area contributed by atoms with E-state index in [2.05, 4.69) is 66.4 Å². The lowest BCUT2D eigenvalue weighted by molar-refractivity contribution is 0.155. The number of unbranched alkanes of at least 4 members (excludes halogenated alkanes) is 11. The lowest BCUT2D eigenvalue weighted by Crippen LogP contribution is -2.40. The van der Waals surface area contributed by atoms with Crippen LogP contribution in [0.3, 0.4) is 0 Å². The lowest BCUT2D eigenvalue weighted by Gasteiger charge is -2.32. The second kappa shape index (κ2) is 14.5. The molecule has 1 heterocycles. The van der Waals surface area contributed by atoms with Crippen LogP contribution in [0.25, 0.3) is 0 Å². The summed E-state index contributed by atoms with van der Waals surface area (Å²) in [5.41, 5.74) is 1.44. The molecule has 1 aliphatic rings. The number of hydrogen-bond acceptors (Lipinski definition) is 2. The second-order valence-corrected chi connectivity index (χ2v) is 8.43. The van der Waals surface area contributed by atoms with Gasteiger partial charge in [0, 0.05) is 31.9 Å². The third kappa shape index (κ3) is 8.71.